The van der Waals surface area contributed by atoms with E-state index >= 15 is 0 Å². The second-order valence-corrected chi connectivity index (χ2v) is 6.03. The van der Waals surface area contributed by atoms with E-state index in [1.807, 2.05) is 30.3 Å². The number of fused-ring (bicyclic) bond motifs is 2. The van der Waals surface area contributed by atoms with Crippen LogP contribution in [-0.4, -0.2) is 47.7 Å². The molecule has 4 heteroatoms. The number of para-hydroxylation sites is 1. The van der Waals surface area contributed by atoms with Gasteiger partial charge in [-0.2, -0.15) is 0 Å². The van der Waals surface area contributed by atoms with Crippen molar-refractivity contribution in [3.8, 4) is 0 Å². The average molecular weight is 274 g/mol. The van der Waals surface area contributed by atoms with Crippen molar-refractivity contribution in [1.82, 2.24) is 4.90 Å². The summed E-state index contributed by atoms with van der Waals surface area (Å²) in [6.07, 6.45) is 4.67. The number of aliphatic carboxylic acids is 1. The Morgan fingerprint density at radius 3 is 2.40 bits per heavy atom. The van der Waals surface area contributed by atoms with E-state index < -0.39 is 5.97 Å². The van der Waals surface area contributed by atoms with Crippen molar-refractivity contribution in [1.29, 1.82) is 0 Å². The van der Waals surface area contributed by atoms with E-state index in [1.165, 1.54) is 12.8 Å². The first-order valence-corrected chi connectivity index (χ1v) is 7.40. The number of piperidine rings is 1. The van der Waals surface area contributed by atoms with Gasteiger partial charge in [0.1, 0.15) is 6.54 Å². The highest BCUT2D eigenvalue weighted by atomic mass is 16.4. The minimum Gasteiger partial charge on any atom is -0.480 e. The first-order chi connectivity index (χ1) is 9.65. The summed E-state index contributed by atoms with van der Waals surface area (Å²) in [5, 5.41) is 9.22. The number of benzene rings is 1. The standard InChI is InChI=1S/C16H22N2O2/c1-17-13-7-8-14(17)10-15(9-13)18(11-16(19)20)12-5-3-2-4-6-12/h2-6,13-15H,7-11H2,1H3,(H,19,20). The molecule has 2 aliphatic rings. The minimum atomic E-state index is -0.750. The fourth-order valence-corrected chi connectivity index (χ4v) is 3.83. The lowest BCUT2D eigenvalue weighted by molar-refractivity contribution is -0.135. The summed E-state index contributed by atoms with van der Waals surface area (Å²) in [6, 6.07) is 11.6. The van der Waals surface area contributed by atoms with Crippen molar-refractivity contribution >= 4 is 11.7 Å². The number of anilines is 1. The van der Waals surface area contributed by atoms with E-state index in [9.17, 15) is 9.90 Å². The Balaban J connectivity index is 1.81. The molecule has 0 saturated carbocycles. The summed E-state index contributed by atoms with van der Waals surface area (Å²) in [4.78, 5) is 15.8. The first-order valence-electron chi connectivity index (χ1n) is 7.40. The molecule has 2 bridgehead atoms. The van der Waals surface area contributed by atoms with E-state index in [2.05, 4.69) is 16.8 Å². The van der Waals surface area contributed by atoms with Crippen LogP contribution in [0, 0.1) is 0 Å². The average Bonchev–Trinajstić information content (AvgIpc) is 2.67. The summed E-state index contributed by atoms with van der Waals surface area (Å²) >= 11 is 0. The lowest BCUT2D eigenvalue weighted by Crippen LogP contribution is -2.50. The topological polar surface area (TPSA) is 43.8 Å². The number of carboxylic acids is 1. The maximum Gasteiger partial charge on any atom is 0.323 e. The second kappa shape index (κ2) is 5.44. The Hall–Kier alpha value is -1.55. The molecule has 108 valence electrons. The Morgan fingerprint density at radius 1 is 1.25 bits per heavy atom. The van der Waals surface area contributed by atoms with Crippen LogP contribution in [-0.2, 0) is 4.79 Å². The second-order valence-electron chi connectivity index (χ2n) is 6.03. The molecule has 3 rings (SSSR count). The maximum absolute atomic E-state index is 11.2. The number of carboxylic acid groups (broad SMARTS) is 1. The predicted octanol–water partition coefficient (Wildman–Crippen LogP) is 2.20. The monoisotopic (exact) mass is 274 g/mol. The van der Waals surface area contributed by atoms with E-state index in [4.69, 9.17) is 0 Å². The van der Waals surface area contributed by atoms with Gasteiger partial charge >= 0.3 is 5.97 Å². The van der Waals surface area contributed by atoms with Crippen molar-refractivity contribution in [2.75, 3.05) is 18.5 Å². The molecule has 2 unspecified atom stereocenters. The third-order valence-electron chi connectivity index (χ3n) is 4.91. The van der Waals surface area contributed by atoms with Crippen molar-refractivity contribution in [2.45, 2.75) is 43.8 Å². The van der Waals surface area contributed by atoms with Gasteiger partial charge in [0.15, 0.2) is 0 Å². The number of nitrogens with zero attached hydrogens (tertiary/aromatic N) is 2. The van der Waals surface area contributed by atoms with E-state index in [0.29, 0.717) is 18.1 Å². The van der Waals surface area contributed by atoms with Crippen LogP contribution in [0.3, 0.4) is 0 Å². The quantitative estimate of drug-likeness (QED) is 0.914. The zero-order chi connectivity index (χ0) is 14.1. The lowest BCUT2D eigenvalue weighted by atomic mass is 9.96. The first kappa shape index (κ1) is 13.4. The van der Waals surface area contributed by atoms with Gasteiger partial charge < -0.3 is 14.9 Å². The molecular weight excluding hydrogens is 252 g/mol. The molecule has 2 atom stereocenters. The van der Waals surface area contributed by atoms with Crippen LogP contribution >= 0.6 is 0 Å². The molecule has 2 aliphatic heterocycles. The van der Waals surface area contributed by atoms with Crippen molar-refractivity contribution in [3.63, 3.8) is 0 Å². The van der Waals surface area contributed by atoms with Gasteiger partial charge in [0.05, 0.1) is 0 Å². The zero-order valence-corrected chi connectivity index (χ0v) is 11.9. The predicted molar refractivity (Wildman–Crippen MR) is 79.0 cm³/mol. The molecule has 0 aromatic heterocycles. The summed E-state index contributed by atoms with van der Waals surface area (Å²) in [6.45, 7) is 0.0951. The zero-order valence-electron chi connectivity index (χ0n) is 11.9. The number of hydrogen-bond donors (Lipinski definition) is 1. The lowest BCUT2D eigenvalue weighted by Gasteiger charge is -2.42. The fraction of sp³-hybridized carbons (Fsp3) is 0.562. The van der Waals surface area contributed by atoms with Gasteiger partial charge in [-0.3, -0.25) is 4.79 Å². The molecule has 0 spiro atoms. The summed E-state index contributed by atoms with van der Waals surface area (Å²) in [5.74, 6) is -0.750. The molecule has 0 amide bonds. The third kappa shape index (κ3) is 2.52. The molecule has 2 saturated heterocycles. The molecule has 4 nitrogen and oxygen atoms in total. The Kier molecular flexibility index (Phi) is 3.66. The van der Waals surface area contributed by atoms with E-state index in [-0.39, 0.29) is 6.54 Å². The number of rotatable bonds is 4. The fourth-order valence-electron chi connectivity index (χ4n) is 3.83. The molecule has 20 heavy (non-hydrogen) atoms. The Morgan fingerprint density at radius 2 is 1.85 bits per heavy atom. The highest BCUT2D eigenvalue weighted by molar-refractivity contribution is 5.74. The van der Waals surface area contributed by atoms with Crippen LogP contribution in [0.15, 0.2) is 30.3 Å². The van der Waals surface area contributed by atoms with Crippen LogP contribution in [0.4, 0.5) is 5.69 Å². The maximum atomic E-state index is 11.2. The van der Waals surface area contributed by atoms with Gasteiger partial charge in [0.2, 0.25) is 0 Å². The number of hydrogen-bond acceptors (Lipinski definition) is 3. The van der Waals surface area contributed by atoms with E-state index in [1.54, 1.807) is 0 Å². The van der Waals surface area contributed by atoms with Crippen molar-refractivity contribution in [3.05, 3.63) is 30.3 Å². The molecule has 2 heterocycles. The molecular formula is C16H22N2O2. The number of carbonyl (C=O) groups is 1. The SMILES string of the molecule is CN1C2CCC1CC(N(CC(=O)O)c1ccccc1)C2. The van der Waals surface area contributed by atoms with Crippen LogP contribution in [0.25, 0.3) is 0 Å². The minimum absolute atomic E-state index is 0.0951. The highest BCUT2D eigenvalue weighted by Crippen LogP contribution is 2.37. The van der Waals surface area contributed by atoms with Gasteiger partial charge in [-0.05, 0) is 44.9 Å². The van der Waals surface area contributed by atoms with Gasteiger partial charge in [-0.25, -0.2) is 0 Å². The largest absolute Gasteiger partial charge is 0.480 e. The van der Waals surface area contributed by atoms with Crippen LogP contribution in [0.1, 0.15) is 25.7 Å². The van der Waals surface area contributed by atoms with Gasteiger partial charge in [-0.1, -0.05) is 18.2 Å². The summed E-state index contributed by atoms with van der Waals surface area (Å²) in [5.41, 5.74) is 1.03. The van der Waals surface area contributed by atoms with Gasteiger partial charge in [-0.15, -0.1) is 0 Å². The van der Waals surface area contributed by atoms with Gasteiger partial charge in [0, 0.05) is 23.8 Å². The molecule has 2 fully saturated rings. The smallest absolute Gasteiger partial charge is 0.323 e. The van der Waals surface area contributed by atoms with Crippen LogP contribution in [0.5, 0.6) is 0 Å². The van der Waals surface area contributed by atoms with Crippen LogP contribution in [0.2, 0.25) is 0 Å². The van der Waals surface area contributed by atoms with Crippen molar-refractivity contribution in [2.24, 2.45) is 0 Å². The van der Waals surface area contributed by atoms with Crippen LogP contribution < -0.4 is 4.90 Å². The molecule has 0 radical (unpaired) electrons. The third-order valence-corrected chi connectivity index (χ3v) is 4.91. The highest BCUT2D eigenvalue weighted by Gasteiger charge is 2.40. The van der Waals surface area contributed by atoms with E-state index in [0.717, 1.165) is 18.5 Å². The summed E-state index contributed by atoms with van der Waals surface area (Å²) in [7, 11) is 2.21. The molecule has 1 N–H and O–H groups in total. The Bertz CT molecular complexity index is 463. The normalized spacial score (nSPS) is 29.4. The molecule has 1 aromatic carbocycles. The Labute approximate surface area is 120 Å². The van der Waals surface area contributed by atoms with Gasteiger partial charge in [0.25, 0.3) is 0 Å². The summed E-state index contributed by atoms with van der Waals surface area (Å²) < 4.78 is 0. The molecule has 0 aliphatic carbocycles. The molecule has 1 aromatic rings. The van der Waals surface area contributed by atoms with Crippen molar-refractivity contribution < 1.29 is 9.90 Å².